The zero-order valence-electron chi connectivity index (χ0n) is 11.1. The van der Waals surface area contributed by atoms with Gasteiger partial charge in [0.2, 0.25) is 0 Å². The van der Waals surface area contributed by atoms with Crippen LogP contribution in [0, 0.1) is 0 Å². The molecule has 2 N–H and O–H groups in total. The molecule has 0 saturated heterocycles. The van der Waals surface area contributed by atoms with Gasteiger partial charge in [-0.15, -0.1) is 0 Å². The van der Waals surface area contributed by atoms with E-state index in [-0.39, 0.29) is 18.6 Å². The van der Waals surface area contributed by atoms with E-state index in [0.29, 0.717) is 37.7 Å². The van der Waals surface area contributed by atoms with E-state index < -0.39 is 13.6 Å². The third-order valence-electron chi connectivity index (χ3n) is 2.34. The Hall–Kier alpha value is -0.970. The van der Waals surface area contributed by atoms with Crippen molar-refractivity contribution in [2.75, 3.05) is 12.8 Å². The van der Waals surface area contributed by atoms with Crippen molar-refractivity contribution in [3.05, 3.63) is 12.2 Å². The van der Waals surface area contributed by atoms with Gasteiger partial charge < -0.3 is 14.5 Å². The SMILES string of the molecule is C=C(C)C(=O)OCCCC(=O)CCCCP(=O)(O)O. The van der Waals surface area contributed by atoms with Gasteiger partial charge in [-0.05, 0) is 26.2 Å². The van der Waals surface area contributed by atoms with Crippen LogP contribution in [-0.2, 0) is 18.9 Å². The highest BCUT2D eigenvalue weighted by atomic mass is 31.2. The van der Waals surface area contributed by atoms with Crippen molar-refractivity contribution in [2.24, 2.45) is 0 Å². The number of unbranched alkanes of at least 4 members (excludes halogenated alkanes) is 1. The number of hydrogen-bond acceptors (Lipinski definition) is 4. The molecule has 0 rings (SSSR count). The number of hydrogen-bond donors (Lipinski definition) is 2. The lowest BCUT2D eigenvalue weighted by molar-refractivity contribution is -0.139. The molecule has 6 nitrogen and oxygen atoms in total. The topological polar surface area (TPSA) is 101 Å². The van der Waals surface area contributed by atoms with Gasteiger partial charge in [0.25, 0.3) is 0 Å². The molecule has 0 aromatic rings. The average Bonchev–Trinajstić information content (AvgIpc) is 2.28. The van der Waals surface area contributed by atoms with Gasteiger partial charge >= 0.3 is 13.6 Å². The minimum Gasteiger partial charge on any atom is -0.462 e. The summed E-state index contributed by atoms with van der Waals surface area (Å²) in [4.78, 5) is 39.7. The molecular weight excluding hydrogens is 271 g/mol. The third-order valence-corrected chi connectivity index (χ3v) is 3.24. The zero-order valence-corrected chi connectivity index (χ0v) is 12.0. The van der Waals surface area contributed by atoms with Crippen LogP contribution in [0.5, 0.6) is 0 Å². The van der Waals surface area contributed by atoms with E-state index in [9.17, 15) is 14.2 Å². The predicted molar refractivity (Wildman–Crippen MR) is 70.8 cm³/mol. The van der Waals surface area contributed by atoms with Crippen LogP contribution in [0.1, 0.15) is 39.0 Å². The monoisotopic (exact) mass is 292 g/mol. The molecular formula is C12H21O6P. The summed E-state index contributed by atoms with van der Waals surface area (Å²) in [6, 6.07) is 0. The van der Waals surface area contributed by atoms with Crippen LogP contribution in [0.2, 0.25) is 0 Å². The molecule has 0 aromatic heterocycles. The molecule has 0 fully saturated rings. The fraction of sp³-hybridized carbons (Fsp3) is 0.667. The first-order valence-corrected chi connectivity index (χ1v) is 7.91. The highest BCUT2D eigenvalue weighted by molar-refractivity contribution is 7.51. The molecule has 0 aliphatic rings. The zero-order chi connectivity index (χ0) is 14.9. The Morgan fingerprint density at radius 1 is 1.16 bits per heavy atom. The highest BCUT2D eigenvalue weighted by Crippen LogP contribution is 2.35. The van der Waals surface area contributed by atoms with Crippen LogP contribution < -0.4 is 0 Å². The van der Waals surface area contributed by atoms with Gasteiger partial charge in [-0.1, -0.05) is 6.58 Å². The molecule has 0 aliphatic carbocycles. The van der Waals surface area contributed by atoms with Crippen LogP contribution >= 0.6 is 7.60 Å². The Morgan fingerprint density at radius 2 is 1.74 bits per heavy atom. The molecule has 0 spiro atoms. The largest absolute Gasteiger partial charge is 0.462 e. The lowest BCUT2D eigenvalue weighted by Crippen LogP contribution is -2.08. The van der Waals surface area contributed by atoms with Gasteiger partial charge in [-0.2, -0.15) is 0 Å². The second-order valence-corrected chi connectivity index (χ2v) is 6.18. The van der Waals surface area contributed by atoms with Gasteiger partial charge in [0.15, 0.2) is 0 Å². The highest BCUT2D eigenvalue weighted by Gasteiger charge is 2.12. The summed E-state index contributed by atoms with van der Waals surface area (Å²) in [6.07, 6.45) is 1.68. The Bertz CT molecular complexity index is 370. The molecule has 0 aromatic carbocycles. The minimum atomic E-state index is -3.95. The molecule has 0 bridgehead atoms. The van der Waals surface area contributed by atoms with Crippen LogP contribution in [0.25, 0.3) is 0 Å². The second kappa shape index (κ2) is 9.02. The van der Waals surface area contributed by atoms with E-state index >= 15 is 0 Å². The Morgan fingerprint density at radius 3 is 2.26 bits per heavy atom. The van der Waals surface area contributed by atoms with Crippen LogP contribution in [0.3, 0.4) is 0 Å². The standard InChI is InChI=1S/C12H21O6P/c1-10(2)12(14)18-8-5-7-11(13)6-3-4-9-19(15,16)17/h1,3-9H2,2H3,(H2,15,16,17). The van der Waals surface area contributed by atoms with Gasteiger partial charge in [0.05, 0.1) is 6.61 Å². The minimum absolute atomic E-state index is 0.0112. The summed E-state index contributed by atoms with van der Waals surface area (Å²) in [5, 5.41) is 0. The lowest BCUT2D eigenvalue weighted by atomic mass is 10.1. The van der Waals surface area contributed by atoms with Crippen LogP contribution in [0.15, 0.2) is 12.2 Å². The number of rotatable bonds is 10. The normalized spacial score (nSPS) is 11.1. The summed E-state index contributed by atoms with van der Waals surface area (Å²) in [5.41, 5.74) is 0.323. The molecule has 110 valence electrons. The van der Waals surface area contributed by atoms with Crippen molar-refractivity contribution >= 4 is 19.3 Å². The van der Waals surface area contributed by atoms with Gasteiger partial charge in [-0.25, -0.2) is 4.79 Å². The maximum Gasteiger partial charge on any atom is 0.333 e. The summed E-state index contributed by atoms with van der Waals surface area (Å²) in [6.45, 7) is 5.16. The fourth-order valence-corrected chi connectivity index (χ4v) is 1.96. The average molecular weight is 292 g/mol. The van der Waals surface area contributed by atoms with E-state index in [1.165, 1.54) is 0 Å². The number of ether oxygens (including phenoxy) is 1. The van der Waals surface area contributed by atoms with Crippen molar-refractivity contribution in [1.29, 1.82) is 0 Å². The Kier molecular flexibility index (Phi) is 8.56. The molecule has 0 amide bonds. The van der Waals surface area contributed by atoms with Crippen LogP contribution in [-0.4, -0.2) is 34.3 Å². The maximum atomic E-state index is 11.4. The first-order chi connectivity index (χ1) is 8.72. The molecule has 0 unspecified atom stereocenters. The molecule has 0 radical (unpaired) electrons. The molecule has 19 heavy (non-hydrogen) atoms. The number of carbonyl (C=O) groups excluding carboxylic acids is 2. The van der Waals surface area contributed by atoms with Gasteiger partial charge in [0, 0.05) is 24.6 Å². The lowest BCUT2D eigenvalue weighted by Gasteiger charge is -2.05. The van der Waals surface area contributed by atoms with Crippen molar-refractivity contribution < 1.29 is 28.7 Å². The number of carbonyl (C=O) groups is 2. The fourth-order valence-electron chi connectivity index (χ4n) is 1.32. The summed E-state index contributed by atoms with van der Waals surface area (Å²) in [5.74, 6) is -0.453. The number of esters is 1. The van der Waals surface area contributed by atoms with Crippen molar-refractivity contribution in [1.82, 2.24) is 0 Å². The number of ketones is 1. The van der Waals surface area contributed by atoms with E-state index in [1.807, 2.05) is 0 Å². The maximum absolute atomic E-state index is 11.4. The summed E-state index contributed by atoms with van der Waals surface area (Å²) >= 11 is 0. The third kappa shape index (κ3) is 11.8. The molecule has 0 atom stereocenters. The van der Waals surface area contributed by atoms with E-state index in [2.05, 4.69) is 6.58 Å². The van der Waals surface area contributed by atoms with Gasteiger partial charge in [-0.3, -0.25) is 9.36 Å². The molecule has 0 heterocycles. The first-order valence-electron chi connectivity index (χ1n) is 6.11. The predicted octanol–water partition coefficient (Wildman–Crippen LogP) is 1.80. The Labute approximate surface area is 113 Å². The molecule has 0 aliphatic heterocycles. The van der Waals surface area contributed by atoms with E-state index in [0.717, 1.165) is 0 Å². The van der Waals surface area contributed by atoms with Gasteiger partial charge in [0.1, 0.15) is 5.78 Å². The van der Waals surface area contributed by atoms with Crippen molar-refractivity contribution in [3.8, 4) is 0 Å². The quantitative estimate of drug-likeness (QED) is 0.275. The van der Waals surface area contributed by atoms with E-state index in [4.69, 9.17) is 14.5 Å². The van der Waals surface area contributed by atoms with Crippen molar-refractivity contribution in [3.63, 3.8) is 0 Å². The summed E-state index contributed by atoms with van der Waals surface area (Å²) in [7, 11) is -3.95. The Balaban J connectivity index is 3.53. The van der Waals surface area contributed by atoms with E-state index in [1.54, 1.807) is 6.92 Å². The van der Waals surface area contributed by atoms with Crippen molar-refractivity contribution in [2.45, 2.75) is 39.0 Å². The van der Waals surface area contributed by atoms with Crippen LogP contribution in [0.4, 0.5) is 0 Å². The molecule has 7 heteroatoms. The molecule has 0 saturated carbocycles. The number of Topliss-reactive ketones (excluding diaryl/α,β-unsaturated/α-hetero) is 1. The first kappa shape index (κ1) is 18.0. The second-order valence-electron chi connectivity index (χ2n) is 4.40. The summed E-state index contributed by atoms with van der Waals surface area (Å²) < 4.78 is 15.4. The smallest absolute Gasteiger partial charge is 0.333 e.